The van der Waals surface area contributed by atoms with Crippen LogP contribution in [-0.4, -0.2) is 11.0 Å². The molecule has 114 valence electrons. The molecular formula is C15H12ClNO2S3. The molecule has 0 fully saturated rings. The van der Waals surface area contributed by atoms with E-state index < -0.39 is 6.10 Å². The third kappa shape index (κ3) is 3.59. The fourth-order valence-corrected chi connectivity index (χ4v) is 4.63. The topological polar surface area (TPSA) is 49.3 Å². The summed E-state index contributed by atoms with van der Waals surface area (Å²) in [7, 11) is 0. The minimum absolute atomic E-state index is 0.134. The van der Waals surface area contributed by atoms with E-state index in [-0.39, 0.29) is 5.91 Å². The second-order valence-electron chi connectivity index (χ2n) is 4.51. The van der Waals surface area contributed by atoms with E-state index in [2.05, 4.69) is 5.32 Å². The highest BCUT2D eigenvalue weighted by Crippen LogP contribution is 2.31. The lowest BCUT2D eigenvalue weighted by molar-refractivity contribution is 0.0955. The fourth-order valence-electron chi connectivity index (χ4n) is 1.91. The molecule has 0 bridgehead atoms. The summed E-state index contributed by atoms with van der Waals surface area (Å²) in [4.78, 5) is 15.4. The number of halogens is 1. The predicted octanol–water partition coefficient (Wildman–Crippen LogP) is 4.54. The highest BCUT2D eigenvalue weighted by molar-refractivity contribution is 7.18. The number of nitrogens with one attached hydrogen (secondary N) is 1. The first-order valence-electron chi connectivity index (χ1n) is 6.47. The van der Waals surface area contributed by atoms with Gasteiger partial charge in [-0.15, -0.1) is 34.0 Å². The van der Waals surface area contributed by atoms with Crippen LogP contribution in [0.4, 0.5) is 0 Å². The Balaban J connectivity index is 1.61. The standard InChI is InChI=1S/C15H12ClNO2S3/c16-13-6-5-12(22-13)15(19)17-8-9-3-4-11(21-9)14(18)10-2-1-7-20-10/h1-7,14,18H,8H2,(H,17,19)/t14-/m0/s1. The summed E-state index contributed by atoms with van der Waals surface area (Å²) in [5.74, 6) is -0.134. The summed E-state index contributed by atoms with van der Waals surface area (Å²) in [6.07, 6.45) is -0.592. The van der Waals surface area contributed by atoms with Gasteiger partial charge in [0.15, 0.2) is 0 Å². The molecule has 3 aromatic rings. The first kappa shape index (κ1) is 15.7. The first-order chi connectivity index (χ1) is 10.6. The number of thiophene rings is 3. The van der Waals surface area contributed by atoms with E-state index in [1.807, 2.05) is 29.6 Å². The maximum absolute atomic E-state index is 12.0. The Hall–Kier alpha value is -1.18. The summed E-state index contributed by atoms with van der Waals surface area (Å²) in [5, 5.41) is 15.1. The quantitative estimate of drug-likeness (QED) is 0.693. The average Bonchev–Trinajstić information content (AvgIpc) is 3.25. The van der Waals surface area contributed by atoms with Crippen molar-refractivity contribution >= 4 is 51.5 Å². The molecule has 3 aromatic heterocycles. The van der Waals surface area contributed by atoms with Crippen molar-refractivity contribution < 1.29 is 9.90 Å². The van der Waals surface area contributed by atoms with E-state index in [4.69, 9.17) is 11.6 Å². The zero-order valence-corrected chi connectivity index (χ0v) is 14.5. The lowest BCUT2D eigenvalue weighted by Crippen LogP contribution is -2.21. The van der Waals surface area contributed by atoms with Crippen molar-refractivity contribution in [2.24, 2.45) is 0 Å². The van der Waals surface area contributed by atoms with Gasteiger partial charge in [0.2, 0.25) is 0 Å². The lowest BCUT2D eigenvalue weighted by atomic mass is 10.2. The van der Waals surface area contributed by atoms with Gasteiger partial charge in [-0.25, -0.2) is 0 Å². The number of rotatable bonds is 5. The van der Waals surface area contributed by atoms with Crippen molar-refractivity contribution in [2.75, 3.05) is 0 Å². The molecule has 0 aliphatic rings. The smallest absolute Gasteiger partial charge is 0.261 e. The van der Waals surface area contributed by atoms with Gasteiger partial charge in [-0.2, -0.15) is 0 Å². The Bertz CT molecular complexity index is 763. The molecule has 1 atom stereocenters. The number of amides is 1. The number of carbonyl (C=O) groups excluding carboxylic acids is 1. The lowest BCUT2D eigenvalue weighted by Gasteiger charge is -2.05. The van der Waals surface area contributed by atoms with Gasteiger partial charge in [0.05, 0.1) is 15.8 Å². The van der Waals surface area contributed by atoms with Gasteiger partial charge >= 0.3 is 0 Å². The molecule has 0 radical (unpaired) electrons. The molecule has 3 rings (SSSR count). The zero-order chi connectivity index (χ0) is 15.5. The van der Waals surface area contributed by atoms with Gasteiger partial charge in [-0.3, -0.25) is 4.79 Å². The molecule has 0 aliphatic carbocycles. The molecule has 0 saturated heterocycles. The Morgan fingerprint density at radius 3 is 2.73 bits per heavy atom. The van der Waals surface area contributed by atoms with Crippen LogP contribution in [0.25, 0.3) is 0 Å². The third-order valence-electron chi connectivity index (χ3n) is 2.98. The highest BCUT2D eigenvalue weighted by Gasteiger charge is 2.14. The molecule has 0 aliphatic heterocycles. The molecule has 0 unspecified atom stereocenters. The first-order valence-corrected chi connectivity index (χ1v) is 9.36. The molecule has 0 spiro atoms. The van der Waals surface area contributed by atoms with Gasteiger partial charge in [0, 0.05) is 14.6 Å². The van der Waals surface area contributed by atoms with Gasteiger partial charge in [-0.1, -0.05) is 17.7 Å². The second kappa shape index (κ2) is 6.93. The maximum atomic E-state index is 12.0. The normalized spacial score (nSPS) is 12.3. The minimum atomic E-state index is -0.592. The van der Waals surface area contributed by atoms with Crippen LogP contribution >= 0.6 is 45.6 Å². The Labute approximate surface area is 144 Å². The van der Waals surface area contributed by atoms with E-state index in [0.717, 1.165) is 14.6 Å². The molecular weight excluding hydrogens is 358 g/mol. The molecule has 0 aromatic carbocycles. The van der Waals surface area contributed by atoms with Crippen LogP contribution in [0.15, 0.2) is 41.8 Å². The Morgan fingerprint density at radius 1 is 1.18 bits per heavy atom. The van der Waals surface area contributed by atoms with E-state index in [0.29, 0.717) is 15.8 Å². The number of hydrogen-bond donors (Lipinski definition) is 2. The second-order valence-corrected chi connectivity index (χ2v) is 8.40. The zero-order valence-electron chi connectivity index (χ0n) is 11.3. The molecule has 3 nitrogen and oxygen atoms in total. The van der Waals surface area contributed by atoms with E-state index >= 15 is 0 Å². The van der Waals surface area contributed by atoms with Crippen molar-refractivity contribution in [3.05, 3.63) is 65.6 Å². The van der Waals surface area contributed by atoms with Gasteiger partial charge in [0.1, 0.15) is 6.10 Å². The molecule has 1 amide bonds. The number of aliphatic hydroxyl groups excluding tert-OH is 1. The molecule has 0 saturated carbocycles. The van der Waals surface area contributed by atoms with Crippen LogP contribution < -0.4 is 5.32 Å². The summed E-state index contributed by atoms with van der Waals surface area (Å²) >= 11 is 10.1. The van der Waals surface area contributed by atoms with Crippen LogP contribution in [0.3, 0.4) is 0 Å². The van der Waals surface area contributed by atoms with Crippen molar-refractivity contribution in [3.63, 3.8) is 0 Å². The van der Waals surface area contributed by atoms with Crippen molar-refractivity contribution in [3.8, 4) is 0 Å². The Kier molecular flexibility index (Phi) is 4.95. The van der Waals surface area contributed by atoms with Crippen LogP contribution in [0, 0.1) is 0 Å². The monoisotopic (exact) mass is 369 g/mol. The van der Waals surface area contributed by atoms with Crippen LogP contribution in [-0.2, 0) is 6.54 Å². The van der Waals surface area contributed by atoms with E-state index in [1.165, 1.54) is 34.0 Å². The van der Waals surface area contributed by atoms with E-state index in [1.54, 1.807) is 12.1 Å². The van der Waals surface area contributed by atoms with Crippen molar-refractivity contribution in [2.45, 2.75) is 12.6 Å². The summed E-state index contributed by atoms with van der Waals surface area (Å²) in [6.45, 7) is 0.441. The van der Waals surface area contributed by atoms with Gasteiger partial charge in [-0.05, 0) is 35.7 Å². The van der Waals surface area contributed by atoms with Crippen LogP contribution in [0.5, 0.6) is 0 Å². The fraction of sp³-hybridized carbons (Fsp3) is 0.133. The predicted molar refractivity (Wildman–Crippen MR) is 93.2 cm³/mol. The molecule has 3 heterocycles. The summed E-state index contributed by atoms with van der Waals surface area (Å²) in [5.41, 5.74) is 0. The number of carbonyl (C=O) groups is 1. The summed E-state index contributed by atoms with van der Waals surface area (Å²) < 4.78 is 0.600. The number of hydrogen-bond acceptors (Lipinski definition) is 5. The third-order valence-corrected chi connectivity index (χ3v) is 6.28. The van der Waals surface area contributed by atoms with Gasteiger partial charge < -0.3 is 10.4 Å². The average molecular weight is 370 g/mol. The largest absolute Gasteiger partial charge is 0.382 e. The highest BCUT2D eigenvalue weighted by atomic mass is 35.5. The SMILES string of the molecule is O=C(NCc1ccc([C@@H](O)c2cccs2)s1)c1ccc(Cl)s1. The molecule has 7 heteroatoms. The van der Waals surface area contributed by atoms with Crippen LogP contribution in [0.1, 0.15) is 30.4 Å². The molecule has 2 N–H and O–H groups in total. The minimum Gasteiger partial charge on any atom is -0.382 e. The Morgan fingerprint density at radius 2 is 2.05 bits per heavy atom. The van der Waals surface area contributed by atoms with Gasteiger partial charge in [0.25, 0.3) is 5.91 Å². The van der Waals surface area contributed by atoms with E-state index in [9.17, 15) is 9.90 Å². The summed E-state index contributed by atoms with van der Waals surface area (Å²) in [6, 6.07) is 11.1. The van der Waals surface area contributed by atoms with Crippen molar-refractivity contribution in [1.29, 1.82) is 0 Å². The van der Waals surface area contributed by atoms with Crippen molar-refractivity contribution in [1.82, 2.24) is 5.32 Å². The van der Waals surface area contributed by atoms with Crippen LogP contribution in [0.2, 0.25) is 4.34 Å². The maximum Gasteiger partial charge on any atom is 0.261 e. The molecule has 22 heavy (non-hydrogen) atoms. The number of aliphatic hydroxyl groups is 1.